The average Bonchev–Trinajstić information content (AvgIpc) is 2.74. The number of nitro benzene ring substituents is 1. The van der Waals surface area contributed by atoms with Crippen LogP contribution in [0.3, 0.4) is 0 Å². The summed E-state index contributed by atoms with van der Waals surface area (Å²) in [5.41, 5.74) is 1.77. The molecule has 0 radical (unpaired) electrons. The lowest BCUT2D eigenvalue weighted by molar-refractivity contribution is -0.385. The lowest BCUT2D eigenvalue weighted by atomic mass is 10.1. The maximum Gasteiger partial charge on any atom is 0.286 e. The summed E-state index contributed by atoms with van der Waals surface area (Å²) in [6.07, 6.45) is 0. The number of para-hydroxylation sites is 1. The number of hydrogen-bond donors (Lipinski definition) is 2. The van der Waals surface area contributed by atoms with Crippen LogP contribution in [0.5, 0.6) is 11.5 Å². The van der Waals surface area contributed by atoms with Crippen LogP contribution in [0, 0.1) is 10.1 Å². The number of nitrogens with one attached hydrogen (secondary N) is 2. The smallest absolute Gasteiger partial charge is 0.286 e. The Labute approximate surface area is 167 Å². The number of hydrogen-bond acceptors (Lipinski definition) is 6. The number of ether oxygens (including phenoxy) is 2. The van der Waals surface area contributed by atoms with Gasteiger partial charge in [-0.2, -0.15) is 0 Å². The molecule has 8 heteroatoms. The lowest BCUT2D eigenvalue weighted by Gasteiger charge is -2.11. The largest absolute Gasteiger partial charge is 0.493 e. The molecule has 0 spiro atoms. The first-order chi connectivity index (χ1) is 14.0. The molecule has 0 saturated heterocycles. The van der Waals surface area contributed by atoms with Gasteiger partial charge in [-0.05, 0) is 36.4 Å². The highest BCUT2D eigenvalue weighted by atomic mass is 16.6. The Morgan fingerprint density at radius 1 is 0.862 bits per heavy atom. The van der Waals surface area contributed by atoms with Crippen molar-refractivity contribution in [1.82, 2.24) is 0 Å². The van der Waals surface area contributed by atoms with Gasteiger partial charge in [-0.15, -0.1) is 0 Å². The molecule has 0 saturated carbocycles. The lowest BCUT2D eigenvalue weighted by Crippen LogP contribution is -2.14. The van der Waals surface area contributed by atoms with Gasteiger partial charge in [0.05, 0.1) is 25.2 Å². The number of carbonyl (C=O) groups excluding carboxylic acids is 1. The summed E-state index contributed by atoms with van der Waals surface area (Å²) in [4.78, 5) is 23.4. The molecule has 3 aromatic rings. The average molecular weight is 393 g/mol. The molecule has 0 fully saturated rings. The molecule has 0 bridgehead atoms. The molecule has 3 rings (SSSR count). The van der Waals surface area contributed by atoms with Gasteiger partial charge in [0, 0.05) is 23.1 Å². The molecule has 29 heavy (non-hydrogen) atoms. The molecule has 148 valence electrons. The summed E-state index contributed by atoms with van der Waals surface area (Å²) in [5, 5.41) is 17.3. The van der Waals surface area contributed by atoms with Gasteiger partial charge in [0.25, 0.3) is 11.6 Å². The highest BCUT2D eigenvalue weighted by Gasteiger charge is 2.24. The van der Waals surface area contributed by atoms with E-state index in [1.807, 2.05) is 30.3 Å². The Kier molecular flexibility index (Phi) is 5.94. The third kappa shape index (κ3) is 4.62. The second-order valence-electron chi connectivity index (χ2n) is 6.00. The summed E-state index contributed by atoms with van der Waals surface area (Å²) in [7, 11) is 2.76. The summed E-state index contributed by atoms with van der Waals surface area (Å²) >= 11 is 0. The number of anilines is 3. The standard InChI is InChI=1S/C21H19N3O5/c1-28-19-12-17(18(24(26)27)13-20(19)29-2)21(25)23-16-10-8-15(9-11-16)22-14-6-4-3-5-7-14/h3-13,22H,1-2H3,(H,23,25). The van der Waals surface area contributed by atoms with Crippen LogP contribution in [0.2, 0.25) is 0 Å². The number of nitrogens with zero attached hydrogens (tertiary/aromatic N) is 1. The van der Waals surface area contributed by atoms with Gasteiger partial charge < -0.3 is 20.1 Å². The zero-order valence-electron chi connectivity index (χ0n) is 15.8. The van der Waals surface area contributed by atoms with E-state index in [-0.39, 0.29) is 22.7 Å². The van der Waals surface area contributed by atoms with Crippen LogP contribution in [-0.2, 0) is 0 Å². The number of rotatable bonds is 7. The van der Waals surface area contributed by atoms with Crippen molar-refractivity contribution < 1.29 is 19.2 Å². The summed E-state index contributed by atoms with van der Waals surface area (Å²) in [6, 6.07) is 19.1. The minimum atomic E-state index is -0.635. The number of benzene rings is 3. The van der Waals surface area contributed by atoms with Crippen LogP contribution in [0.1, 0.15) is 10.4 Å². The number of amides is 1. The van der Waals surface area contributed by atoms with Gasteiger partial charge in [-0.25, -0.2) is 0 Å². The van der Waals surface area contributed by atoms with E-state index in [1.54, 1.807) is 24.3 Å². The molecule has 0 atom stereocenters. The third-order valence-corrected chi connectivity index (χ3v) is 4.15. The quantitative estimate of drug-likeness (QED) is 0.449. The maximum atomic E-state index is 12.7. The Morgan fingerprint density at radius 2 is 1.41 bits per heavy atom. The van der Waals surface area contributed by atoms with E-state index in [0.29, 0.717) is 5.69 Å². The fourth-order valence-electron chi connectivity index (χ4n) is 2.72. The number of methoxy groups -OCH3 is 2. The zero-order valence-corrected chi connectivity index (χ0v) is 15.8. The second kappa shape index (κ2) is 8.75. The molecular formula is C21H19N3O5. The van der Waals surface area contributed by atoms with Crippen molar-refractivity contribution in [3.8, 4) is 11.5 Å². The normalized spacial score (nSPS) is 10.1. The summed E-state index contributed by atoms with van der Waals surface area (Å²) in [6.45, 7) is 0. The van der Waals surface area contributed by atoms with Crippen LogP contribution in [-0.4, -0.2) is 25.1 Å². The molecule has 0 aliphatic heterocycles. The van der Waals surface area contributed by atoms with Crippen LogP contribution in [0.15, 0.2) is 66.7 Å². The second-order valence-corrected chi connectivity index (χ2v) is 6.00. The van der Waals surface area contributed by atoms with E-state index in [1.165, 1.54) is 26.4 Å². The van der Waals surface area contributed by atoms with Crippen LogP contribution < -0.4 is 20.1 Å². The molecule has 0 unspecified atom stereocenters. The molecule has 0 aliphatic carbocycles. The molecule has 1 amide bonds. The predicted octanol–water partition coefficient (Wildman–Crippen LogP) is 4.61. The first-order valence-electron chi connectivity index (χ1n) is 8.65. The van der Waals surface area contributed by atoms with E-state index in [4.69, 9.17) is 9.47 Å². The number of carbonyl (C=O) groups is 1. The number of nitro groups is 1. The third-order valence-electron chi connectivity index (χ3n) is 4.15. The van der Waals surface area contributed by atoms with Crippen molar-refractivity contribution in [1.29, 1.82) is 0 Å². The Balaban J connectivity index is 1.80. The summed E-state index contributed by atoms with van der Waals surface area (Å²) < 4.78 is 10.2. The topological polar surface area (TPSA) is 103 Å². The van der Waals surface area contributed by atoms with Gasteiger partial charge in [0.15, 0.2) is 11.5 Å². The van der Waals surface area contributed by atoms with Crippen molar-refractivity contribution in [2.75, 3.05) is 24.9 Å². The monoisotopic (exact) mass is 393 g/mol. The molecule has 0 aliphatic rings. The first kappa shape index (κ1) is 19.7. The predicted molar refractivity (Wildman–Crippen MR) is 110 cm³/mol. The minimum Gasteiger partial charge on any atom is -0.493 e. The molecule has 0 heterocycles. The SMILES string of the molecule is COc1cc(C(=O)Nc2ccc(Nc3ccccc3)cc2)c([N+](=O)[O-])cc1OC. The van der Waals surface area contributed by atoms with E-state index < -0.39 is 10.8 Å². The Bertz CT molecular complexity index is 1020. The van der Waals surface area contributed by atoms with E-state index >= 15 is 0 Å². The van der Waals surface area contributed by atoms with E-state index in [0.717, 1.165) is 11.4 Å². The minimum absolute atomic E-state index is 0.126. The van der Waals surface area contributed by atoms with Crippen molar-refractivity contribution in [2.45, 2.75) is 0 Å². The van der Waals surface area contributed by atoms with Crippen LogP contribution in [0.25, 0.3) is 0 Å². The van der Waals surface area contributed by atoms with Crippen molar-refractivity contribution in [3.05, 3.63) is 82.4 Å². The Hall–Kier alpha value is -4.07. The van der Waals surface area contributed by atoms with Crippen LogP contribution in [0.4, 0.5) is 22.7 Å². The van der Waals surface area contributed by atoms with Gasteiger partial charge >= 0.3 is 0 Å². The van der Waals surface area contributed by atoms with Crippen molar-refractivity contribution >= 4 is 28.7 Å². The summed E-state index contributed by atoms with van der Waals surface area (Å²) in [5.74, 6) is -0.223. The maximum absolute atomic E-state index is 12.7. The van der Waals surface area contributed by atoms with Gasteiger partial charge in [-0.1, -0.05) is 18.2 Å². The molecule has 0 aromatic heterocycles. The van der Waals surface area contributed by atoms with Crippen LogP contribution >= 0.6 is 0 Å². The van der Waals surface area contributed by atoms with E-state index in [2.05, 4.69) is 10.6 Å². The highest BCUT2D eigenvalue weighted by molar-refractivity contribution is 6.07. The first-order valence-corrected chi connectivity index (χ1v) is 8.65. The molecule has 3 aromatic carbocycles. The zero-order chi connectivity index (χ0) is 20.8. The van der Waals surface area contributed by atoms with Gasteiger partial charge in [0.1, 0.15) is 5.56 Å². The van der Waals surface area contributed by atoms with Gasteiger partial charge in [-0.3, -0.25) is 14.9 Å². The van der Waals surface area contributed by atoms with Crippen molar-refractivity contribution in [3.63, 3.8) is 0 Å². The van der Waals surface area contributed by atoms with Crippen molar-refractivity contribution in [2.24, 2.45) is 0 Å². The molecule has 2 N–H and O–H groups in total. The fourth-order valence-corrected chi connectivity index (χ4v) is 2.72. The fraction of sp³-hybridized carbons (Fsp3) is 0.0952. The highest BCUT2D eigenvalue weighted by Crippen LogP contribution is 2.34. The van der Waals surface area contributed by atoms with Gasteiger partial charge in [0.2, 0.25) is 0 Å². The molecular weight excluding hydrogens is 374 g/mol. The Morgan fingerprint density at radius 3 is 2.00 bits per heavy atom. The van der Waals surface area contributed by atoms with E-state index in [9.17, 15) is 14.9 Å². The molecule has 8 nitrogen and oxygen atoms in total.